The highest BCUT2D eigenvalue weighted by Crippen LogP contribution is 2.19. The van der Waals surface area contributed by atoms with Gasteiger partial charge in [-0.2, -0.15) is 0 Å². The number of alkyl carbamates (subject to hydrolysis) is 1. The van der Waals surface area contributed by atoms with Crippen LogP contribution in [-0.2, 0) is 16.1 Å². The first-order valence-corrected chi connectivity index (χ1v) is 6.83. The van der Waals surface area contributed by atoms with Crippen molar-refractivity contribution in [1.29, 1.82) is 0 Å². The van der Waals surface area contributed by atoms with E-state index < -0.39 is 18.0 Å². The van der Waals surface area contributed by atoms with E-state index >= 15 is 0 Å². The van der Waals surface area contributed by atoms with Crippen LogP contribution in [0.3, 0.4) is 0 Å². The van der Waals surface area contributed by atoms with E-state index in [1.54, 1.807) is 18.2 Å². The second kappa shape index (κ2) is 7.39. The molecule has 0 radical (unpaired) electrons. The second-order valence-corrected chi connectivity index (χ2v) is 4.76. The number of aromatic nitrogens is 1. The minimum atomic E-state index is -0.756. The molecule has 0 spiro atoms. The molecule has 1 atom stereocenters. The Morgan fingerprint density at radius 1 is 1.39 bits per heavy atom. The summed E-state index contributed by atoms with van der Waals surface area (Å²) >= 11 is 0. The molecule has 0 fully saturated rings. The van der Waals surface area contributed by atoms with E-state index in [0.29, 0.717) is 17.0 Å². The lowest BCUT2D eigenvalue weighted by molar-refractivity contribution is -0.122. The summed E-state index contributed by atoms with van der Waals surface area (Å²) < 4.78 is 22.7. The number of hydrogen-bond acceptors (Lipinski definition) is 5. The van der Waals surface area contributed by atoms with Gasteiger partial charge in [0.25, 0.3) is 0 Å². The predicted octanol–water partition coefficient (Wildman–Crippen LogP) is 1.84. The van der Waals surface area contributed by atoms with Gasteiger partial charge in [-0.05, 0) is 19.1 Å². The largest absolute Gasteiger partial charge is 0.453 e. The zero-order valence-electron chi connectivity index (χ0n) is 12.6. The number of benzene rings is 1. The minimum absolute atomic E-state index is 0.0916. The van der Waals surface area contributed by atoms with Crippen LogP contribution < -0.4 is 10.6 Å². The number of nitrogens with one attached hydrogen (secondary N) is 2. The third-order valence-corrected chi connectivity index (χ3v) is 3.03. The van der Waals surface area contributed by atoms with E-state index in [0.717, 1.165) is 0 Å². The van der Waals surface area contributed by atoms with E-state index in [9.17, 15) is 14.0 Å². The average molecular weight is 321 g/mol. The number of halogens is 1. The Labute approximate surface area is 131 Å². The van der Waals surface area contributed by atoms with Gasteiger partial charge in [-0.3, -0.25) is 4.79 Å². The van der Waals surface area contributed by atoms with Crippen molar-refractivity contribution in [2.24, 2.45) is 0 Å². The topological polar surface area (TPSA) is 93.5 Å². The van der Waals surface area contributed by atoms with Gasteiger partial charge in [0.05, 0.1) is 13.7 Å². The summed E-state index contributed by atoms with van der Waals surface area (Å²) in [5.74, 6) is -0.370. The first-order chi connectivity index (χ1) is 11.0. The van der Waals surface area contributed by atoms with Gasteiger partial charge >= 0.3 is 6.09 Å². The lowest BCUT2D eigenvalue weighted by Crippen LogP contribution is -2.44. The van der Waals surface area contributed by atoms with Gasteiger partial charge in [-0.1, -0.05) is 17.3 Å². The summed E-state index contributed by atoms with van der Waals surface area (Å²) in [6.07, 6.45) is -0.694. The van der Waals surface area contributed by atoms with E-state index in [1.807, 2.05) is 0 Å². The van der Waals surface area contributed by atoms with Crippen LogP contribution in [0.5, 0.6) is 0 Å². The maximum atomic E-state index is 13.2. The summed E-state index contributed by atoms with van der Waals surface area (Å²) in [7, 11) is 1.21. The van der Waals surface area contributed by atoms with E-state index in [1.165, 1.54) is 26.2 Å². The van der Waals surface area contributed by atoms with Gasteiger partial charge in [0.1, 0.15) is 17.6 Å². The molecule has 7 nitrogen and oxygen atoms in total. The van der Waals surface area contributed by atoms with Crippen molar-refractivity contribution >= 4 is 12.0 Å². The highest BCUT2D eigenvalue weighted by molar-refractivity contribution is 5.85. The molecule has 2 rings (SSSR count). The molecule has 0 aliphatic heterocycles. The quantitative estimate of drug-likeness (QED) is 0.876. The van der Waals surface area contributed by atoms with Crippen molar-refractivity contribution in [1.82, 2.24) is 15.8 Å². The molecular formula is C15H16FN3O4. The van der Waals surface area contributed by atoms with E-state index in [4.69, 9.17) is 4.52 Å². The van der Waals surface area contributed by atoms with Crippen LogP contribution in [0.25, 0.3) is 11.3 Å². The van der Waals surface area contributed by atoms with Crippen molar-refractivity contribution < 1.29 is 23.2 Å². The fourth-order valence-corrected chi connectivity index (χ4v) is 1.81. The molecule has 122 valence electrons. The highest BCUT2D eigenvalue weighted by Gasteiger charge is 2.16. The summed E-state index contributed by atoms with van der Waals surface area (Å²) in [5, 5.41) is 8.76. The summed E-state index contributed by atoms with van der Waals surface area (Å²) in [5.41, 5.74) is 1.04. The number of hydrogen-bond donors (Lipinski definition) is 2. The molecule has 0 unspecified atom stereocenters. The normalized spacial score (nSPS) is 11.6. The predicted molar refractivity (Wildman–Crippen MR) is 78.7 cm³/mol. The molecule has 2 N–H and O–H groups in total. The van der Waals surface area contributed by atoms with Crippen molar-refractivity contribution in [3.8, 4) is 11.3 Å². The first kappa shape index (κ1) is 16.5. The monoisotopic (exact) mass is 321 g/mol. The molecule has 0 saturated carbocycles. The van der Waals surface area contributed by atoms with Crippen LogP contribution in [0, 0.1) is 5.82 Å². The minimum Gasteiger partial charge on any atom is -0.453 e. The molecule has 1 aromatic carbocycles. The van der Waals surface area contributed by atoms with E-state index in [2.05, 4.69) is 20.5 Å². The third kappa shape index (κ3) is 4.53. The Hall–Kier alpha value is -2.90. The molecule has 23 heavy (non-hydrogen) atoms. The van der Waals surface area contributed by atoms with Gasteiger partial charge < -0.3 is 19.9 Å². The molecule has 0 bridgehead atoms. The molecule has 1 aromatic heterocycles. The lowest BCUT2D eigenvalue weighted by atomic mass is 10.1. The summed E-state index contributed by atoms with van der Waals surface area (Å²) in [4.78, 5) is 22.8. The van der Waals surface area contributed by atoms with Crippen LogP contribution >= 0.6 is 0 Å². The molecular weight excluding hydrogens is 305 g/mol. The van der Waals surface area contributed by atoms with Gasteiger partial charge in [-0.25, -0.2) is 9.18 Å². The Balaban J connectivity index is 1.92. The SMILES string of the molecule is COC(=O)N[C@H](C)C(=O)NCc1cc(-c2cccc(F)c2)no1. The van der Waals surface area contributed by atoms with Gasteiger partial charge in [0.15, 0.2) is 5.76 Å². The lowest BCUT2D eigenvalue weighted by Gasteiger charge is -2.12. The van der Waals surface area contributed by atoms with E-state index in [-0.39, 0.29) is 12.4 Å². The number of rotatable bonds is 5. The molecule has 8 heteroatoms. The summed E-state index contributed by atoms with van der Waals surface area (Å²) in [6.45, 7) is 1.61. The molecule has 1 heterocycles. The van der Waals surface area contributed by atoms with Gasteiger partial charge in [0.2, 0.25) is 5.91 Å². The van der Waals surface area contributed by atoms with Crippen LogP contribution in [0.15, 0.2) is 34.9 Å². The fourth-order valence-electron chi connectivity index (χ4n) is 1.81. The Bertz CT molecular complexity index is 702. The molecule has 2 aromatic rings. The average Bonchev–Trinajstić information content (AvgIpc) is 3.01. The van der Waals surface area contributed by atoms with Crippen molar-refractivity contribution in [3.63, 3.8) is 0 Å². The zero-order valence-corrected chi connectivity index (χ0v) is 12.6. The Morgan fingerprint density at radius 2 is 2.17 bits per heavy atom. The van der Waals surface area contributed by atoms with Crippen LogP contribution in [0.2, 0.25) is 0 Å². The molecule has 0 saturated heterocycles. The summed E-state index contributed by atoms with van der Waals surface area (Å²) in [6, 6.07) is 6.79. The maximum Gasteiger partial charge on any atom is 0.407 e. The standard InChI is InChI=1S/C15H16FN3O4/c1-9(18-15(21)22-2)14(20)17-8-12-7-13(19-23-12)10-4-3-5-11(16)6-10/h3-7,9H,8H2,1-2H3,(H,17,20)(H,18,21)/t9-/m1/s1. The molecule has 0 aliphatic carbocycles. The number of methoxy groups -OCH3 is 1. The zero-order chi connectivity index (χ0) is 16.8. The fraction of sp³-hybridized carbons (Fsp3) is 0.267. The smallest absolute Gasteiger partial charge is 0.407 e. The Kier molecular flexibility index (Phi) is 5.29. The van der Waals surface area contributed by atoms with Crippen molar-refractivity contribution in [3.05, 3.63) is 41.9 Å². The van der Waals surface area contributed by atoms with Crippen molar-refractivity contribution in [2.45, 2.75) is 19.5 Å². The first-order valence-electron chi connectivity index (χ1n) is 6.83. The van der Waals surface area contributed by atoms with Gasteiger partial charge in [-0.15, -0.1) is 0 Å². The number of carbonyl (C=O) groups excluding carboxylic acids is 2. The van der Waals surface area contributed by atoms with Crippen LogP contribution in [0.1, 0.15) is 12.7 Å². The Morgan fingerprint density at radius 3 is 2.87 bits per heavy atom. The van der Waals surface area contributed by atoms with Gasteiger partial charge in [0, 0.05) is 11.6 Å². The van der Waals surface area contributed by atoms with Crippen LogP contribution in [-0.4, -0.2) is 30.3 Å². The number of amides is 2. The molecule has 0 aliphatic rings. The third-order valence-electron chi connectivity index (χ3n) is 3.03. The number of ether oxygens (including phenoxy) is 1. The van der Waals surface area contributed by atoms with Crippen molar-refractivity contribution in [2.75, 3.05) is 7.11 Å². The number of nitrogens with zero attached hydrogens (tertiary/aromatic N) is 1. The highest BCUT2D eigenvalue weighted by atomic mass is 19.1. The number of carbonyl (C=O) groups is 2. The second-order valence-electron chi connectivity index (χ2n) is 4.76. The van der Waals surface area contributed by atoms with Crippen LogP contribution in [0.4, 0.5) is 9.18 Å². The molecule has 2 amide bonds. The maximum absolute atomic E-state index is 13.2.